The van der Waals surface area contributed by atoms with E-state index in [-0.39, 0.29) is 0 Å². The second kappa shape index (κ2) is 8.74. The molecular formula is C20H34N2. The highest BCUT2D eigenvalue weighted by molar-refractivity contribution is 5.08. The minimum Gasteiger partial charge on any atom is -0.331 e. The van der Waals surface area contributed by atoms with Crippen molar-refractivity contribution < 1.29 is 0 Å². The molecule has 0 atom stereocenters. The van der Waals surface area contributed by atoms with Gasteiger partial charge in [-0.25, -0.2) is 4.98 Å². The van der Waals surface area contributed by atoms with Crippen molar-refractivity contribution in [2.45, 2.75) is 108 Å². The van der Waals surface area contributed by atoms with Crippen LogP contribution in [0.25, 0.3) is 0 Å². The van der Waals surface area contributed by atoms with Crippen LogP contribution in [-0.2, 0) is 0 Å². The summed E-state index contributed by atoms with van der Waals surface area (Å²) in [6.07, 6.45) is 25.6. The standard InChI is InChI=1S/C20H34N2/c1-2-5-9-13-18(12-8-4-1)20-16-21-17-22(20)19-14-10-6-3-7-11-15-19/h16-19H,1-15H2. The second-order valence-corrected chi connectivity index (χ2v) is 7.62. The molecule has 2 aliphatic rings. The van der Waals surface area contributed by atoms with Gasteiger partial charge in [0, 0.05) is 23.9 Å². The van der Waals surface area contributed by atoms with E-state index in [1.807, 2.05) is 0 Å². The fourth-order valence-electron chi connectivity index (χ4n) is 4.58. The summed E-state index contributed by atoms with van der Waals surface area (Å²) < 4.78 is 2.59. The Morgan fingerprint density at radius 2 is 1.18 bits per heavy atom. The monoisotopic (exact) mass is 302 g/mol. The minimum atomic E-state index is 0.727. The van der Waals surface area contributed by atoms with Crippen LogP contribution >= 0.6 is 0 Å². The molecule has 0 amide bonds. The zero-order valence-corrected chi connectivity index (χ0v) is 14.3. The third-order valence-corrected chi connectivity index (χ3v) is 5.94. The number of hydrogen-bond acceptors (Lipinski definition) is 1. The Morgan fingerprint density at radius 1 is 0.682 bits per heavy atom. The normalized spacial score (nSPS) is 24.0. The Kier molecular flexibility index (Phi) is 6.39. The van der Waals surface area contributed by atoms with Crippen LogP contribution in [0.1, 0.15) is 114 Å². The Balaban J connectivity index is 1.71. The highest BCUT2D eigenvalue weighted by Crippen LogP contribution is 2.34. The second-order valence-electron chi connectivity index (χ2n) is 7.62. The molecule has 0 N–H and O–H groups in total. The maximum atomic E-state index is 4.57. The van der Waals surface area contributed by atoms with Crippen LogP contribution in [0.5, 0.6) is 0 Å². The molecule has 0 spiro atoms. The molecule has 0 bridgehead atoms. The highest BCUT2D eigenvalue weighted by Gasteiger charge is 2.21. The van der Waals surface area contributed by atoms with Gasteiger partial charge in [0.1, 0.15) is 0 Å². The highest BCUT2D eigenvalue weighted by atomic mass is 15.1. The first-order chi connectivity index (χ1) is 10.9. The van der Waals surface area contributed by atoms with Crippen LogP contribution < -0.4 is 0 Å². The number of hydrogen-bond donors (Lipinski definition) is 0. The van der Waals surface area contributed by atoms with Crippen molar-refractivity contribution in [1.29, 1.82) is 0 Å². The van der Waals surface area contributed by atoms with Gasteiger partial charge in [-0.05, 0) is 25.7 Å². The molecule has 2 heteroatoms. The maximum absolute atomic E-state index is 4.57. The zero-order chi connectivity index (χ0) is 15.0. The molecule has 1 heterocycles. The van der Waals surface area contributed by atoms with Gasteiger partial charge in [0.15, 0.2) is 0 Å². The van der Waals surface area contributed by atoms with Crippen LogP contribution in [0.3, 0.4) is 0 Å². The SMILES string of the molecule is c1ncn(C2CCCCCCC2)c1C1CCCCCCCC1. The zero-order valence-electron chi connectivity index (χ0n) is 14.3. The molecule has 0 saturated heterocycles. The van der Waals surface area contributed by atoms with E-state index < -0.39 is 0 Å². The fourth-order valence-corrected chi connectivity index (χ4v) is 4.58. The molecule has 0 radical (unpaired) electrons. The first kappa shape index (κ1) is 16.1. The van der Waals surface area contributed by atoms with Gasteiger partial charge in [-0.1, -0.05) is 70.6 Å². The lowest BCUT2D eigenvalue weighted by atomic mass is 9.92. The summed E-state index contributed by atoms with van der Waals surface area (Å²) in [5.41, 5.74) is 1.56. The summed E-state index contributed by atoms with van der Waals surface area (Å²) in [5, 5.41) is 0. The molecule has 2 aliphatic carbocycles. The Bertz CT molecular complexity index is 405. The molecule has 0 unspecified atom stereocenters. The Hall–Kier alpha value is -0.790. The van der Waals surface area contributed by atoms with E-state index >= 15 is 0 Å². The summed E-state index contributed by atoms with van der Waals surface area (Å²) in [7, 11) is 0. The molecule has 2 saturated carbocycles. The first-order valence-electron chi connectivity index (χ1n) is 9.97. The van der Waals surface area contributed by atoms with Crippen molar-refractivity contribution in [1.82, 2.24) is 9.55 Å². The average Bonchev–Trinajstić information content (AvgIpc) is 2.99. The van der Waals surface area contributed by atoms with Gasteiger partial charge in [0.2, 0.25) is 0 Å². The van der Waals surface area contributed by atoms with Crippen molar-refractivity contribution in [2.75, 3.05) is 0 Å². The molecular weight excluding hydrogens is 268 g/mol. The molecule has 1 aromatic heterocycles. The number of nitrogens with zero attached hydrogens (tertiary/aromatic N) is 2. The van der Waals surface area contributed by atoms with E-state index in [2.05, 4.69) is 22.1 Å². The smallest absolute Gasteiger partial charge is 0.0950 e. The topological polar surface area (TPSA) is 17.8 Å². The van der Waals surface area contributed by atoms with Gasteiger partial charge < -0.3 is 4.57 Å². The van der Waals surface area contributed by atoms with Crippen molar-refractivity contribution in [3.63, 3.8) is 0 Å². The van der Waals surface area contributed by atoms with Crippen molar-refractivity contribution in [3.8, 4) is 0 Å². The van der Waals surface area contributed by atoms with E-state index in [0.717, 1.165) is 12.0 Å². The number of aromatic nitrogens is 2. The van der Waals surface area contributed by atoms with Gasteiger partial charge in [0.05, 0.1) is 6.33 Å². The van der Waals surface area contributed by atoms with Crippen LogP contribution in [0.4, 0.5) is 0 Å². The van der Waals surface area contributed by atoms with Crippen LogP contribution in [-0.4, -0.2) is 9.55 Å². The lowest BCUT2D eigenvalue weighted by Crippen LogP contribution is -2.15. The Labute approximate surface area is 136 Å². The van der Waals surface area contributed by atoms with Crippen LogP contribution in [0.15, 0.2) is 12.5 Å². The molecule has 22 heavy (non-hydrogen) atoms. The summed E-state index contributed by atoms with van der Waals surface area (Å²) >= 11 is 0. The van der Waals surface area contributed by atoms with Gasteiger partial charge in [-0.3, -0.25) is 0 Å². The number of imidazole rings is 1. The predicted molar refractivity (Wildman–Crippen MR) is 93.3 cm³/mol. The van der Waals surface area contributed by atoms with Crippen molar-refractivity contribution >= 4 is 0 Å². The molecule has 0 aliphatic heterocycles. The van der Waals surface area contributed by atoms with E-state index in [1.165, 1.54) is 96.3 Å². The third-order valence-electron chi connectivity index (χ3n) is 5.94. The lowest BCUT2D eigenvalue weighted by molar-refractivity contribution is 0.355. The predicted octanol–water partition coefficient (Wildman–Crippen LogP) is 6.39. The minimum absolute atomic E-state index is 0.727. The summed E-state index contributed by atoms with van der Waals surface area (Å²) in [5.74, 6) is 0.769. The van der Waals surface area contributed by atoms with E-state index in [9.17, 15) is 0 Å². The average molecular weight is 303 g/mol. The number of rotatable bonds is 2. The van der Waals surface area contributed by atoms with E-state index in [0.29, 0.717) is 0 Å². The maximum Gasteiger partial charge on any atom is 0.0950 e. The van der Waals surface area contributed by atoms with Crippen LogP contribution in [0.2, 0.25) is 0 Å². The largest absolute Gasteiger partial charge is 0.331 e. The molecule has 2 nitrogen and oxygen atoms in total. The van der Waals surface area contributed by atoms with Gasteiger partial charge in [-0.15, -0.1) is 0 Å². The molecule has 124 valence electrons. The molecule has 1 aromatic rings. The van der Waals surface area contributed by atoms with Gasteiger partial charge in [-0.2, -0.15) is 0 Å². The quantitative estimate of drug-likeness (QED) is 0.619. The molecule has 2 fully saturated rings. The van der Waals surface area contributed by atoms with Gasteiger partial charge >= 0.3 is 0 Å². The Morgan fingerprint density at radius 3 is 1.77 bits per heavy atom. The fraction of sp³-hybridized carbons (Fsp3) is 0.850. The third kappa shape index (κ3) is 4.36. The van der Waals surface area contributed by atoms with Crippen molar-refractivity contribution in [3.05, 3.63) is 18.2 Å². The van der Waals surface area contributed by atoms with Crippen LogP contribution in [0, 0.1) is 0 Å². The van der Waals surface area contributed by atoms with Gasteiger partial charge in [0.25, 0.3) is 0 Å². The summed E-state index contributed by atoms with van der Waals surface area (Å²) in [6.45, 7) is 0. The van der Waals surface area contributed by atoms with E-state index in [1.54, 1.807) is 5.69 Å². The summed E-state index contributed by atoms with van der Waals surface area (Å²) in [4.78, 5) is 4.57. The van der Waals surface area contributed by atoms with Crippen molar-refractivity contribution in [2.24, 2.45) is 0 Å². The lowest BCUT2D eigenvalue weighted by Gasteiger charge is -2.26. The summed E-state index contributed by atoms with van der Waals surface area (Å²) in [6, 6.07) is 0.727. The molecule has 0 aromatic carbocycles. The van der Waals surface area contributed by atoms with E-state index in [4.69, 9.17) is 0 Å². The first-order valence-corrected chi connectivity index (χ1v) is 9.97. The molecule has 3 rings (SSSR count).